The average molecular weight is 208 g/mol. The summed E-state index contributed by atoms with van der Waals surface area (Å²) in [6.07, 6.45) is 1.78. The Labute approximate surface area is 88.3 Å². The average Bonchev–Trinajstić information content (AvgIpc) is 2.43. The van der Waals surface area contributed by atoms with Gasteiger partial charge in [0.05, 0.1) is 0 Å². The van der Waals surface area contributed by atoms with Gasteiger partial charge in [0.1, 0.15) is 5.82 Å². The van der Waals surface area contributed by atoms with Crippen molar-refractivity contribution in [2.24, 2.45) is 0 Å². The highest BCUT2D eigenvalue weighted by Gasteiger charge is 2.13. The number of hydrogen-bond donors (Lipinski definition) is 3. The number of hydrogen-bond acceptors (Lipinski definition) is 4. The van der Waals surface area contributed by atoms with Crippen LogP contribution in [0, 0.1) is 0 Å². The molecule has 0 spiro atoms. The molecule has 0 saturated heterocycles. The first-order valence-corrected chi connectivity index (χ1v) is 5.38. The van der Waals surface area contributed by atoms with Crippen molar-refractivity contribution in [3.63, 3.8) is 0 Å². The lowest BCUT2D eigenvalue weighted by atomic mass is 10.1. The summed E-state index contributed by atoms with van der Waals surface area (Å²) in [5, 5.41) is 6.45. The zero-order chi connectivity index (χ0) is 10.7. The van der Waals surface area contributed by atoms with Crippen LogP contribution in [0.25, 0.3) is 0 Å². The lowest BCUT2D eigenvalue weighted by Gasteiger charge is -2.10. The maximum atomic E-state index is 11.3. The quantitative estimate of drug-likeness (QED) is 0.634. The number of H-pyrrole nitrogens is 1. The number of aromatic amines is 1. The standard InChI is InChI=1S/C10H16N4O/c1-2-12-9-7-3-5-11-6-4-8(7)13-10(15)14-9/h11H,2-6H2,1H3,(H2,12,13,14,15). The molecule has 0 fully saturated rings. The molecule has 1 aromatic rings. The molecular weight excluding hydrogens is 192 g/mol. The first kappa shape index (κ1) is 10.2. The molecule has 1 aromatic heterocycles. The number of nitrogens with zero attached hydrogens (tertiary/aromatic N) is 1. The lowest BCUT2D eigenvalue weighted by molar-refractivity contribution is 0.708. The van der Waals surface area contributed by atoms with E-state index in [4.69, 9.17) is 0 Å². The van der Waals surface area contributed by atoms with Gasteiger partial charge >= 0.3 is 5.69 Å². The van der Waals surface area contributed by atoms with E-state index in [1.807, 2.05) is 6.92 Å². The van der Waals surface area contributed by atoms with Crippen LogP contribution in [0.4, 0.5) is 5.82 Å². The molecule has 2 heterocycles. The summed E-state index contributed by atoms with van der Waals surface area (Å²) in [7, 11) is 0. The minimum Gasteiger partial charge on any atom is -0.370 e. The Morgan fingerprint density at radius 3 is 3.00 bits per heavy atom. The summed E-state index contributed by atoms with van der Waals surface area (Å²) in [6.45, 7) is 4.65. The van der Waals surface area contributed by atoms with Crippen molar-refractivity contribution in [1.29, 1.82) is 0 Å². The lowest BCUT2D eigenvalue weighted by Crippen LogP contribution is -2.19. The van der Waals surface area contributed by atoms with Gasteiger partial charge in [0.2, 0.25) is 0 Å². The van der Waals surface area contributed by atoms with Gasteiger partial charge in [0.25, 0.3) is 0 Å². The monoisotopic (exact) mass is 208 g/mol. The Morgan fingerprint density at radius 1 is 1.40 bits per heavy atom. The molecule has 3 N–H and O–H groups in total. The Bertz CT molecular complexity index is 399. The fourth-order valence-corrected chi connectivity index (χ4v) is 1.89. The third-order valence-electron chi connectivity index (χ3n) is 2.57. The van der Waals surface area contributed by atoms with E-state index in [-0.39, 0.29) is 5.69 Å². The second kappa shape index (κ2) is 4.44. The van der Waals surface area contributed by atoms with Gasteiger partial charge in [-0.25, -0.2) is 4.79 Å². The Kier molecular flexibility index (Phi) is 3.01. The second-order valence-corrected chi connectivity index (χ2v) is 3.63. The van der Waals surface area contributed by atoms with Crippen molar-refractivity contribution in [1.82, 2.24) is 15.3 Å². The van der Waals surface area contributed by atoms with E-state index in [9.17, 15) is 4.79 Å². The van der Waals surface area contributed by atoms with E-state index in [2.05, 4.69) is 20.6 Å². The fourth-order valence-electron chi connectivity index (χ4n) is 1.89. The number of aromatic nitrogens is 2. The second-order valence-electron chi connectivity index (χ2n) is 3.63. The number of nitrogens with one attached hydrogen (secondary N) is 3. The van der Waals surface area contributed by atoms with Gasteiger partial charge < -0.3 is 15.6 Å². The smallest absolute Gasteiger partial charge is 0.347 e. The van der Waals surface area contributed by atoms with Crippen LogP contribution in [0.3, 0.4) is 0 Å². The van der Waals surface area contributed by atoms with Crippen LogP contribution in [0.2, 0.25) is 0 Å². The molecule has 0 bridgehead atoms. The summed E-state index contributed by atoms with van der Waals surface area (Å²) in [6, 6.07) is 0. The summed E-state index contributed by atoms with van der Waals surface area (Å²) in [5.41, 5.74) is 1.92. The zero-order valence-corrected chi connectivity index (χ0v) is 8.89. The number of rotatable bonds is 2. The Morgan fingerprint density at radius 2 is 2.20 bits per heavy atom. The van der Waals surface area contributed by atoms with Gasteiger partial charge in [0.15, 0.2) is 0 Å². The van der Waals surface area contributed by atoms with Crippen molar-refractivity contribution in [3.05, 3.63) is 21.7 Å². The van der Waals surface area contributed by atoms with E-state index in [1.54, 1.807) is 0 Å². The molecule has 0 amide bonds. The molecule has 1 aliphatic heterocycles. The van der Waals surface area contributed by atoms with Gasteiger partial charge in [-0.05, 0) is 19.9 Å². The number of anilines is 1. The highest BCUT2D eigenvalue weighted by atomic mass is 16.1. The van der Waals surface area contributed by atoms with Gasteiger partial charge in [-0.15, -0.1) is 0 Å². The van der Waals surface area contributed by atoms with Crippen LogP contribution in [-0.4, -0.2) is 29.6 Å². The van der Waals surface area contributed by atoms with Crippen LogP contribution in [0.15, 0.2) is 4.79 Å². The summed E-state index contributed by atoms with van der Waals surface area (Å²) < 4.78 is 0. The molecule has 0 aliphatic carbocycles. The molecular formula is C10H16N4O. The summed E-state index contributed by atoms with van der Waals surface area (Å²) >= 11 is 0. The molecule has 0 saturated carbocycles. The van der Waals surface area contributed by atoms with Crippen LogP contribution in [-0.2, 0) is 12.8 Å². The molecule has 2 rings (SSSR count). The highest BCUT2D eigenvalue weighted by molar-refractivity contribution is 5.46. The van der Waals surface area contributed by atoms with Gasteiger partial charge in [-0.2, -0.15) is 4.98 Å². The van der Waals surface area contributed by atoms with Crippen molar-refractivity contribution in [3.8, 4) is 0 Å². The number of fused-ring (bicyclic) bond motifs is 1. The molecule has 0 radical (unpaired) electrons. The molecule has 0 aromatic carbocycles. The van der Waals surface area contributed by atoms with E-state index >= 15 is 0 Å². The van der Waals surface area contributed by atoms with Crippen molar-refractivity contribution >= 4 is 5.82 Å². The molecule has 15 heavy (non-hydrogen) atoms. The minimum absolute atomic E-state index is 0.258. The predicted octanol–water partition coefficient (Wildman–Crippen LogP) is -0.110. The molecule has 1 aliphatic rings. The van der Waals surface area contributed by atoms with Crippen LogP contribution in [0.5, 0.6) is 0 Å². The van der Waals surface area contributed by atoms with E-state index in [0.717, 1.165) is 49.6 Å². The largest absolute Gasteiger partial charge is 0.370 e. The third kappa shape index (κ3) is 2.18. The minimum atomic E-state index is -0.258. The SMILES string of the molecule is CCNc1nc(=O)[nH]c2c1CCNCC2. The molecule has 5 nitrogen and oxygen atoms in total. The van der Waals surface area contributed by atoms with Gasteiger partial charge in [-0.3, -0.25) is 0 Å². The van der Waals surface area contributed by atoms with E-state index < -0.39 is 0 Å². The predicted molar refractivity (Wildman–Crippen MR) is 59.3 cm³/mol. The van der Waals surface area contributed by atoms with Crippen LogP contribution in [0.1, 0.15) is 18.2 Å². The normalized spacial score (nSPS) is 15.5. The first-order valence-electron chi connectivity index (χ1n) is 5.38. The Hall–Kier alpha value is -1.36. The van der Waals surface area contributed by atoms with E-state index in [1.165, 1.54) is 0 Å². The maximum Gasteiger partial charge on any atom is 0.347 e. The fraction of sp³-hybridized carbons (Fsp3) is 0.600. The zero-order valence-electron chi connectivity index (χ0n) is 8.89. The van der Waals surface area contributed by atoms with Crippen molar-refractivity contribution in [2.75, 3.05) is 25.0 Å². The molecule has 0 unspecified atom stereocenters. The molecule has 0 atom stereocenters. The van der Waals surface area contributed by atoms with E-state index in [0.29, 0.717) is 0 Å². The summed E-state index contributed by atoms with van der Waals surface area (Å²) in [4.78, 5) is 18.1. The molecule has 82 valence electrons. The topological polar surface area (TPSA) is 69.8 Å². The van der Waals surface area contributed by atoms with Crippen LogP contribution < -0.4 is 16.3 Å². The Balaban J connectivity index is 2.45. The van der Waals surface area contributed by atoms with Crippen molar-refractivity contribution in [2.45, 2.75) is 19.8 Å². The molecule has 5 heteroatoms. The van der Waals surface area contributed by atoms with Gasteiger partial charge in [-0.1, -0.05) is 0 Å². The maximum absolute atomic E-state index is 11.3. The summed E-state index contributed by atoms with van der Waals surface area (Å²) in [5.74, 6) is 0.750. The van der Waals surface area contributed by atoms with Crippen molar-refractivity contribution < 1.29 is 0 Å². The third-order valence-corrected chi connectivity index (χ3v) is 2.57. The first-order chi connectivity index (χ1) is 7.31. The van der Waals surface area contributed by atoms with Gasteiger partial charge in [0, 0.05) is 30.8 Å². The van der Waals surface area contributed by atoms with Crippen LogP contribution >= 0.6 is 0 Å². The highest BCUT2D eigenvalue weighted by Crippen LogP contribution is 2.16.